The average Bonchev–Trinajstić information content (AvgIpc) is 3.44. The van der Waals surface area contributed by atoms with Gasteiger partial charge in [0.05, 0.1) is 10.6 Å². The van der Waals surface area contributed by atoms with Gasteiger partial charge in [0.2, 0.25) is 11.8 Å². The van der Waals surface area contributed by atoms with Crippen molar-refractivity contribution in [2.45, 2.75) is 76.9 Å². The molecule has 0 aromatic heterocycles. The number of rotatable bonds is 10. The summed E-state index contributed by atoms with van der Waals surface area (Å²) in [7, 11) is -4.14. The lowest BCUT2D eigenvalue weighted by Crippen LogP contribution is -2.52. The fourth-order valence-corrected chi connectivity index (χ4v) is 6.68. The minimum atomic E-state index is -4.14. The largest absolute Gasteiger partial charge is 0.352 e. The van der Waals surface area contributed by atoms with Gasteiger partial charge in [0, 0.05) is 12.6 Å². The van der Waals surface area contributed by atoms with Crippen molar-refractivity contribution >= 4 is 27.5 Å². The molecule has 0 unspecified atom stereocenters. The standard InChI is InChI=1S/C32H38FN3O4S/c1-22-9-16-29(17-10-22)41(39,40)36(30-18-11-23(2)19-24(30)3)21-31(37)35(20-26-12-14-27(33)15-13-26)25(4)32(38)34-28-7-5-6-8-28/h9-19,25,28H,5-8,20-21H2,1-4H3,(H,34,38)/t25-/m1/s1. The number of benzene rings is 3. The minimum absolute atomic E-state index is 0.0175. The van der Waals surface area contributed by atoms with Gasteiger partial charge in [0.1, 0.15) is 18.4 Å². The summed E-state index contributed by atoms with van der Waals surface area (Å²) < 4.78 is 42.7. The summed E-state index contributed by atoms with van der Waals surface area (Å²) in [6.45, 7) is 6.73. The molecule has 1 aliphatic rings. The van der Waals surface area contributed by atoms with E-state index in [0.29, 0.717) is 16.8 Å². The van der Waals surface area contributed by atoms with Crippen LogP contribution in [0.4, 0.5) is 10.1 Å². The Kier molecular flexibility index (Phi) is 9.48. The van der Waals surface area contributed by atoms with Crippen LogP contribution < -0.4 is 9.62 Å². The number of amides is 2. The number of hydrogen-bond acceptors (Lipinski definition) is 4. The van der Waals surface area contributed by atoms with E-state index < -0.39 is 34.3 Å². The highest BCUT2D eigenvalue weighted by Crippen LogP contribution is 2.28. The first-order chi connectivity index (χ1) is 19.5. The number of carbonyl (C=O) groups is 2. The average molecular weight is 580 g/mol. The summed E-state index contributed by atoms with van der Waals surface area (Å²) in [4.78, 5) is 28.8. The third-order valence-corrected chi connectivity index (χ3v) is 9.42. The number of hydrogen-bond donors (Lipinski definition) is 1. The molecule has 0 heterocycles. The quantitative estimate of drug-likeness (QED) is 0.348. The van der Waals surface area contributed by atoms with Crippen molar-refractivity contribution in [3.8, 4) is 0 Å². The Morgan fingerprint density at radius 1 is 0.927 bits per heavy atom. The van der Waals surface area contributed by atoms with Gasteiger partial charge in [-0.15, -0.1) is 0 Å². The van der Waals surface area contributed by atoms with E-state index in [1.807, 2.05) is 19.9 Å². The Bertz CT molecular complexity index is 1480. The second-order valence-electron chi connectivity index (χ2n) is 10.9. The molecule has 1 aliphatic carbocycles. The summed E-state index contributed by atoms with van der Waals surface area (Å²) >= 11 is 0. The van der Waals surface area contributed by atoms with Crippen LogP contribution in [-0.2, 0) is 26.2 Å². The van der Waals surface area contributed by atoms with Crippen molar-refractivity contribution in [3.05, 3.63) is 94.8 Å². The first-order valence-corrected chi connectivity index (χ1v) is 15.4. The zero-order chi connectivity index (χ0) is 29.7. The highest BCUT2D eigenvalue weighted by Gasteiger charge is 2.34. The summed E-state index contributed by atoms with van der Waals surface area (Å²) in [5, 5.41) is 3.05. The predicted octanol–water partition coefficient (Wildman–Crippen LogP) is 5.42. The number of sulfonamides is 1. The molecule has 41 heavy (non-hydrogen) atoms. The molecular formula is C32H38FN3O4S. The highest BCUT2D eigenvalue weighted by molar-refractivity contribution is 7.92. The van der Waals surface area contributed by atoms with Crippen LogP contribution in [0.2, 0.25) is 0 Å². The van der Waals surface area contributed by atoms with Crippen molar-refractivity contribution in [3.63, 3.8) is 0 Å². The lowest BCUT2D eigenvalue weighted by molar-refractivity contribution is -0.139. The van der Waals surface area contributed by atoms with Crippen LogP contribution in [0.5, 0.6) is 0 Å². The number of halogens is 1. The molecule has 3 aromatic rings. The second-order valence-corrected chi connectivity index (χ2v) is 12.8. The van der Waals surface area contributed by atoms with Gasteiger partial charge in [-0.05, 0) is 82.0 Å². The van der Waals surface area contributed by atoms with E-state index in [9.17, 15) is 22.4 Å². The molecule has 9 heteroatoms. The maximum absolute atomic E-state index is 14.1. The zero-order valence-electron chi connectivity index (χ0n) is 24.1. The van der Waals surface area contributed by atoms with Crippen molar-refractivity contribution < 1.29 is 22.4 Å². The minimum Gasteiger partial charge on any atom is -0.352 e. The lowest BCUT2D eigenvalue weighted by Gasteiger charge is -2.33. The summed E-state index contributed by atoms with van der Waals surface area (Å²) in [6.07, 6.45) is 3.86. The van der Waals surface area contributed by atoms with Crippen molar-refractivity contribution in [2.75, 3.05) is 10.8 Å². The van der Waals surface area contributed by atoms with E-state index in [-0.39, 0.29) is 23.4 Å². The normalized spacial score (nSPS) is 14.5. The predicted molar refractivity (Wildman–Crippen MR) is 158 cm³/mol. The van der Waals surface area contributed by atoms with E-state index in [2.05, 4.69) is 5.32 Å². The van der Waals surface area contributed by atoms with Gasteiger partial charge < -0.3 is 10.2 Å². The fraction of sp³-hybridized carbons (Fsp3) is 0.375. The third-order valence-electron chi connectivity index (χ3n) is 7.64. The maximum atomic E-state index is 14.1. The molecule has 0 aliphatic heterocycles. The SMILES string of the molecule is Cc1ccc(S(=O)(=O)N(CC(=O)N(Cc2ccc(F)cc2)[C@H](C)C(=O)NC2CCCC2)c2ccc(C)cc2C)cc1. The molecule has 4 rings (SSSR count). The van der Waals surface area contributed by atoms with Gasteiger partial charge in [-0.25, -0.2) is 12.8 Å². The molecular weight excluding hydrogens is 541 g/mol. The first-order valence-electron chi connectivity index (χ1n) is 14.0. The number of aryl methyl sites for hydroxylation is 3. The van der Waals surface area contributed by atoms with E-state index in [1.54, 1.807) is 50.2 Å². The molecule has 1 saturated carbocycles. The second kappa shape index (κ2) is 12.9. The smallest absolute Gasteiger partial charge is 0.264 e. The molecule has 7 nitrogen and oxygen atoms in total. The fourth-order valence-electron chi connectivity index (χ4n) is 5.20. The molecule has 218 valence electrons. The van der Waals surface area contributed by atoms with E-state index >= 15 is 0 Å². The van der Waals surface area contributed by atoms with E-state index in [1.165, 1.54) is 29.2 Å². The maximum Gasteiger partial charge on any atom is 0.264 e. The monoisotopic (exact) mass is 579 g/mol. The molecule has 1 atom stereocenters. The van der Waals surface area contributed by atoms with Gasteiger partial charge >= 0.3 is 0 Å². The molecule has 2 amide bonds. The van der Waals surface area contributed by atoms with E-state index in [0.717, 1.165) is 41.1 Å². The lowest BCUT2D eigenvalue weighted by atomic mass is 10.1. The number of carbonyl (C=O) groups excluding carboxylic acids is 2. The van der Waals surface area contributed by atoms with Crippen molar-refractivity contribution in [1.29, 1.82) is 0 Å². The van der Waals surface area contributed by atoms with E-state index in [4.69, 9.17) is 0 Å². The van der Waals surface area contributed by atoms with Crippen LogP contribution in [0.3, 0.4) is 0 Å². The van der Waals surface area contributed by atoms with Crippen molar-refractivity contribution in [2.24, 2.45) is 0 Å². The topological polar surface area (TPSA) is 86.8 Å². The summed E-state index contributed by atoms with van der Waals surface area (Å²) in [5.41, 5.74) is 3.57. The first kappa shape index (κ1) is 30.2. The summed E-state index contributed by atoms with van der Waals surface area (Å²) in [5.74, 6) is -1.25. The molecule has 0 bridgehead atoms. The number of anilines is 1. The van der Waals surface area contributed by atoms with Gasteiger partial charge in [0.25, 0.3) is 10.0 Å². The molecule has 1 fully saturated rings. The molecule has 1 N–H and O–H groups in total. The number of nitrogens with zero attached hydrogens (tertiary/aromatic N) is 2. The van der Waals surface area contributed by atoms with Crippen LogP contribution >= 0.6 is 0 Å². The Hall–Kier alpha value is -3.72. The Labute approximate surface area is 242 Å². The third kappa shape index (κ3) is 7.33. The number of nitrogens with one attached hydrogen (secondary N) is 1. The van der Waals surface area contributed by atoms with Gasteiger partial charge in [-0.3, -0.25) is 13.9 Å². The molecule has 3 aromatic carbocycles. The Morgan fingerprint density at radius 3 is 2.15 bits per heavy atom. The molecule has 0 saturated heterocycles. The molecule has 0 radical (unpaired) electrons. The summed E-state index contributed by atoms with van der Waals surface area (Å²) in [6, 6.07) is 16.7. The Morgan fingerprint density at radius 2 is 1.54 bits per heavy atom. The van der Waals surface area contributed by atoms with Crippen LogP contribution in [-0.4, -0.2) is 43.8 Å². The van der Waals surface area contributed by atoms with Gasteiger partial charge in [-0.1, -0.05) is 60.4 Å². The molecule has 0 spiro atoms. The zero-order valence-corrected chi connectivity index (χ0v) is 24.9. The van der Waals surface area contributed by atoms with Crippen LogP contribution in [0, 0.1) is 26.6 Å². The van der Waals surface area contributed by atoms with Crippen LogP contribution in [0.15, 0.2) is 71.6 Å². The van der Waals surface area contributed by atoms with Crippen LogP contribution in [0.25, 0.3) is 0 Å². The van der Waals surface area contributed by atoms with Gasteiger partial charge in [-0.2, -0.15) is 0 Å². The van der Waals surface area contributed by atoms with Gasteiger partial charge in [0.15, 0.2) is 0 Å². The highest BCUT2D eigenvalue weighted by atomic mass is 32.2. The van der Waals surface area contributed by atoms with Crippen LogP contribution in [0.1, 0.15) is 54.9 Å². The Balaban J connectivity index is 1.70. The van der Waals surface area contributed by atoms with Crippen molar-refractivity contribution in [1.82, 2.24) is 10.2 Å².